The van der Waals surface area contributed by atoms with Crippen molar-refractivity contribution in [3.05, 3.63) is 23.8 Å². The fraction of sp³-hybridized carbons (Fsp3) is 0.500. The highest BCUT2D eigenvalue weighted by molar-refractivity contribution is 7.89. The number of benzene rings is 1. The summed E-state index contributed by atoms with van der Waals surface area (Å²) in [4.78, 5) is -0.630. The van der Waals surface area contributed by atoms with Gasteiger partial charge in [0.2, 0.25) is 10.0 Å². The third-order valence-electron chi connectivity index (χ3n) is 2.75. The highest BCUT2D eigenvalue weighted by Crippen LogP contribution is 2.25. The molecule has 1 aromatic carbocycles. The Morgan fingerprint density at radius 2 is 1.95 bits per heavy atom. The van der Waals surface area contributed by atoms with Gasteiger partial charge in [0.25, 0.3) is 0 Å². The molecular weight excluding hydrogens is 290 g/mol. The zero-order chi connectivity index (χ0) is 15.3. The van der Waals surface area contributed by atoms with Crippen LogP contribution >= 0.6 is 0 Å². The van der Waals surface area contributed by atoms with Crippen LogP contribution in [-0.2, 0) is 14.8 Å². The van der Waals surface area contributed by atoms with Crippen LogP contribution in [0, 0.1) is 11.6 Å². The molecule has 0 unspecified atom stereocenters. The molecule has 0 saturated heterocycles. The normalized spacial score (nSPS) is 12.1. The van der Waals surface area contributed by atoms with Crippen molar-refractivity contribution in [3.63, 3.8) is 0 Å². The van der Waals surface area contributed by atoms with Crippen molar-refractivity contribution in [2.75, 3.05) is 32.0 Å². The number of likely N-dealkylation sites (N-methyl/N-ethyl adjacent to an activating group) is 1. The predicted molar refractivity (Wildman–Crippen MR) is 71.7 cm³/mol. The molecule has 2 N–H and O–H groups in total. The number of nitrogens with zero attached hydrogens (tertiary/aromatic N) is 1. The van der Waals surface area contributed by atoms with Crippen LogP contribution in [0.1, 0.15) is 13.8 Å². The number of anilines is 1. The molecule has 0 aliphatic heterocycles. The molecule has 0 atom stereocenters. The van der Waals surface area contributed by atoms with E-state index in [9.17, 15) is 17.2 Å². The summed E-state index contributed by atoms with van der Waals surface area (Å²) in [7, 11) is -4.07. The Hall–Kier alpha value is -1.25. The predicted octanol–water partition coefficient (Wildman–Crippen LogP) is 1.59. The second-order valence-electron chi connectivity index (χ2n) is 3.97. The van der Waals surface area contributed by atoms with Gasteiger partial charge < -0.3 is 10.5 Å². The number of nitrogens with two attached hydrogens (primary N) is 1. The summed E-state index contributed by atoms with van der Waals surface area (Å²) < 4.78 is 57.7. The number of hydrogen-bond acceptors (Lipinski definition) is 4. The molecule has 1 aromatic rings. The molecule has 0 aliphatic carbocycles. The van der Waals surface area contributed by atoms with Crippen LogP contribution in [0.3, 0.4) is 0 Å². The maximum Gasteiger partial charge on any atom is 0.246 e. The summed E-state index contributed by atoms with van der Waals surface area (Å²) in [5, 5.41) is 0. The van der Waals surface area contributed by atoms with Crippen molar-refractivity contribution in [1.29, 1.82) is 0 Å². The molecular formula is C12H18F2N2O3S. The lowest BCUT2D eigenvalue weighted by atomic mass is 10.3. The smallest absolute Gasteiger partial charge is 0.246 e. The van der Waals surface area contributed by atoms with Gasteiger partial charge in [-0.2, -0.15) is 4.31 Å². The van der Waals surface area contributed by atoms with E-state index in [1.807, 2.05) is 0 Å². The highest BCUT2D eigenvalue weighted by Gasteiger charge is 2.28. The first kappa shape index (κ1) is 16.8. The zero-order valence-electron chi connectivity index (χ0n) is 11.4. The second kappa shape index (κ2) is 6.96. The van der Waals surface area contributed by atoms with Gasteiger partial charge in [-0.1, -0.05) is 6.92 Å². The molecule has 1 rings (SSSR count). The van der Waals surface area contributed by atoms with Crippen LogP contribution in [0.25, 0.3) is 0 Å². The van der Waals surface area contributed by atoms with E-state index in [0.717, 1.165) is 16.4 Å². The maximum absolute atomic E-state index is 13.8. The molecule has 0 bridgehead atoms. The Balaban J connectivity index is 3.11. The zero-order valence-corrected chi connectivity index (χ0v) is 12.2. The first-order valence-corrected chi connectivity index (χ1v) is 7.61. The van der Waals surface area contributed by atoms with Crippen molar-refractivity contribution in [1.82, 2.24) is 4.31 Å². The van der Waals surface area contributed by atoms with Gasteiger partial charge in [0.1, 0.15) is 16.4 Å². The van der Waals surface area contributed by atoms with E-state index >= 15 is 0 Å². The lowest BCUT2D eigenvalue weighted by Crippen LogP contribution is -2.34. The van der Waals surface area contributed by atoms with Gasteiger partial charge in [0, 0.05) is 19.7 Å². The summed E-state index contributed by atoms with van der Waals surface area (Å²) in [6.07, 6.45) is 0. The maximum atomic E-state index is 13.8. The fourth-order valence-corrected chi connectivity index (χ4v) is 3.16. The average molecular weight is 308 g/mol. The van der Waals surface area contributed by atoms with Gasteiger partial charge in [-0.25, -0.2) is 17.2 Å². The molecule has 0 amide bonds. The molecule has 0 aromatic heterocycles. The summed E-state index contributed by atoms with van der Waals surface area (Å²) in [6.45, 7) is 4.28. The standard InChI is InChI=1S/C12H18F2N2O3S/c1-3-16(7-8-19-4-2)20(17,18)10-6-5-9(13)12(15)11(10)14/h5-6H,3-4,7-8,15H2,1-2H3. The third-order valence-corrected chi connectivity index (χ3v) is 4.74. The summed E-state index contributed by atoms with van der Waals surface area (Å²) >= 11 is 0. The third kappa shape index (κ3) is 3.44. The lowest BCUT2D eigenvalue weighted by molar-refractivity contribution is 0.135. The molecule has 0 aliphatic rings. The van der Waals surface area contributed by atoms with E-state index in [1.165, 1.54) is 0 Å². The summed E-state index contributed by atoms with van der Waals surface area (Å²) in [5.41, 5.74) is 4.39. The largest absolute Gasteiger partial charge is 0.394 e. The van der Waals surface area contributed by atoms with Crippen LogP contribution in [-0.4, -0.2) is 39.0 Å². The number of halogens is 2. The number of sulfonamides is 1. The van der Waals surface area contributed by atoms with Gasteiger partial charge in [-0.05, 0) is 19.1 Å². The number of nitrogen functional groups attached to an aromatic ring is 1. The Bertz CT molecular complexity index is 564. The number of ether oxygens (including phenoxy) is 1. The SMILES string of the molecule is CCOCCN(CC)S(=O)(=O)c1ccc(F)c(N)c1F. The molecule has 114 valence electrons. The van der Waals surface area contributed by atoms with E-state index in [1.54, 1.807) is 13.8 Å². The van der Waals surface area contributed by atoms with Gasteiger partial charge in [0.15, 0.2) is 5.82 Å². The number of rotatable bonds is 7. The van der Waals surface area contributed by atoms with E-state index in [2.05, 4.69) is 0 Å². The minimum atomic E-state index is -4.07. The first-order chi connectivity index (χ1) is 9.36. The van der Waals surface area contributed by atoms with Gasteiger partial charge in [0.05, 0.1) is 6.61 Å². The van der Waals surface area contributed by atoms with E-state index < -0.39 is 32.2 Å². The van der Waals surface area contributed by atoms with Crippen LogP contribution in [0.15, 0.2) is 17.0 Å². The van der Waals surface area contributed by atoms with Crippen molar-refractivity contribution in [3.8, 4) is 0 Å². The molecule has 0 saturated carbocycles. The lowest BCUT2D eigenvalue weighted by Gasteiger charge is -2.21. The summed E-state index contributed by atoms with van der Waals surface area (Å²) in [6, 6.07) is 1.71. The minimum absolute atomic E-state index is 0.0867. The van der Waals surface area contributed by atoms with Gasteiger partial charge >= 0.3 is 0 Å². The quantitative estimate of drug-likeness (QED) is 0.613. The van der Waals surface area contributed by atoms with Gasteiger partial charge in [-0.3, -0.25) is 0 Å². The monoisotopic (exact) mass is 308 g/mol. The molecule has 0 heterocycles. The second-order valence-corrected chi connectivity index (χ2v) is 5.87. The Kier molecular flexibility index (Phi) is 5.85. The average Bonchev–Trinajstić information content (AvgIpc) is 2.40. The summed E-state index contributed by atoms with van der Waals surface area (Å²) in [5.74, 6) is -2.25. The molecule has 8 heteroatoms. The molecule has 0 radical (unpaired) electrons. The molecule has 5 nitrogen and oxygen atoms in total. The van der Waals surface area contributed by atoms with E-state index in [4.69, 9.17) is 10.5 Å². The molecule has 20 heavy (non-hydrogen) atoms. The Morgan fingerprint density at radius 3 is 2.50 bits per heavy atom. The fourth-order valence-electron chi connectivity index (χ4n) is 1.65. The van der Waals surface area contributed by atoms with Gasteiger partial charge in [-0.15, -0.1) is 0 Å². The van der Waals surface area contributed by atoms with Crippen LogP contribution in [0.2, 0.25) is 0 Å². The van der Waals surface area contributed by atoms with Crippen molar-refractivity contribution in [2.24, 2.45) is 0 Å². The molecule has 0 fully saturated rings. The van der Waals surface area contributed by atoms with Crippen molar-refractivity contribution < 1.29 is 21.9 Å². The van der Waals surface area contributed by atoms with Crippen LogP contribution in [0.4, 0.5) is 14.5 Å². The Labute approximate surface area is 117 Å². The van der Waals surface area contributed by atoms with Crippen molar-refractivity contribution in [2.45, 2.75) is 18.7 Å². The van der Waals surface area contributed by atoms with Crippen LogP contribution < -0.4 is 5.73 Å². The highest BCUT2D eigenvalue weighted by atomic mass is 32.2. The van der Waals surface area contributed by atoms with E-state index in [0.29, 0.717) is 6.61 Å². The minimum Gasteiger partial charge on any atom is -0.394 e. The van der Waals surface area contributed by atoms with Crippen molar-refractivity contribution >= 4 is 15.7 Å². The first-order valence-electron chi connectivity index (χ1n) is 6.17. The Morgan fingerprint density at radius 1 is 1.30 bits per heavy atom. The van der Waals surface area contributed by atoms with E-state index in [-0.39, 0.29) is 19.7 Å². The molecule has 0 spiro atoms. The van der Waals surface area contributed by atoms with Crippen LogP contribution in [0.5, 0.6) is 0 Å². The topological polar surface area (TPSA) is 72.6 Å². The number of hydrogen-bond donors (Lipinski definition) is 1.